The number of rotatable bonds is 4. The van der Waals surface area contributed by atoms with E-state index in [4.69, 9.17) is 10.00 Å². The number of amides is 1. The Kier molecular flexibility index (Phi) is 5.45. The number of anilines is 1. The highest BCUT2D eigenvalue weighted by atomic mass is 19.4. The van der Waals surface area contributed by atoms with Crippen LogP contribution in [0.15, 0.2) is 54.1 Å². The number of ether oxygens (including phenoxy) is 1. The quantitative estimate of drug-likeness (QED) is 0.665. The fraction of sp³-hybridized carbons (Fsp3) is 0.111. The van der Waals surface area contributed by atoms with Crippen LogP contribution in [0, 0.1) is 11.3 Å². The minimum Gasteiger partial charge on any atom is -0.495 e. The molecular weight excluding hydrogens is 333 g/mol. The van der Waals surface area contributed by atoms with Crippen LogP contribution in [-0.4, -0.2) is 13.0 Å². The lowest BCUT2D eigenvalue weighted by Gasteiger charge is -2.09. The number of methoxy groups -OCH3 is 1. The van der Waals surface area contributed by atoms with E-state index in [1.807, 2.05) is 0 Å². The monoisotopic (exact) mass is 346 g/mol. The summed E-state index contributed by atoms with van der Waals surface area (Å²) in [5.41, 5.74) is -0.740. The van der Waals surface area contributed by atoms with Gasteiger partial charge in [-0.2, -0.15) is 18.4 Å². The van der Waals surface area contributed by atoms with Crippen molar-refractivity contribution in [2.24, 2.45) is 0 Å². The van der Waals surface area contributed by atoms with Crippen LogP contribution in [0.4, 0.5) is 18.9 Å². The molecule has 25 heavy (non-hydrogen) atoms. The lowest BCUT2D eigenvalue weighted by atomic mass is 10.1. The lowest BCUT2D eigenvalue weighted by Crippen LogP contribution is -2.14. The van der Waals surface area contributed by atoms with E-state index in [-0.39, 0.29) is 11.1 Å². The molecule has 0 radical (unpaired) electrons. The van der Waals surface area contributed by atoms with Crippen molar-refractivity contribution in [3.05, 3.63) is 65.2 Å². The standard InChI is InChI=1S/C18H13F3N2O2/c1-25-16-8-3-2-7-15(16)23-17(24)13(11-22)9-12-5-4-6-14(10-12)18(19,20)21/h2-10H,1H3,(H,23,24)/b13-9+. The summed E-state index contributed by atoms with van der Waals surface area (Å²) in [5.74, 6) is -0.350. The molecule has 1 amide bonds. The van der Waals surface area contributed by atoms with Crippen molar-refractivity contribution >= 4 is 17.7 Å². The molecule has 4 nitrogen and oxygen atoms in total. The number of carbonyl (C=O) groups excluding carboxylic acids is 1. The molecule has 128 valence electrons. The molecule has 0 unspecified atom stereocenters. The summed E-state index contributed by atoms with van der Waals surface area (Å²) < 4.78 is 43.3. The molecule has 0 aliphatic carbocycles. The summed E-state index contributed by atoms with van der Waals surface area (Å²) in [6.45, 7) is 0. The van der Waals surface area contributed by atoms with Gasteiger partial charge >= 0.3 is 6.18 Å². The van der Waals surface area contributed by atoms with Gasteiger partial charge in [0.25, 0.3) is 5.91 Å². The van der Waals surface area contributed by atoms with E-state index in [1.54, 1.807) is 30.3 Å². The second kappa shape index (κ2) is 7.53. The van der Waals surface area contributed by atoms with Crippen LogP contribution in [0.25, 0.3) is 6.08 Å². The van der Waals surface area contributed by atoms with E-state index in [9.17, 15) is 18.0 Å². The van der Waals surface area contributed by atoms with E-state index in [1.165, 1.54) is 19.2 Å². The Morgan fingerprint density at radius 3 is 2.56 bits per heavy atom. The van der Waals surface area contributed by atoms with Gasteiger partial charge in [0.05, 0.1) is 18.4 Å². The summed E-state index contributed by atoms with van der Waals surface area (Å²) in [7, 11) is 1.43. The first kappa shape index (κ1) is 18.1. The average molecular weight is 346 g/mol. The predicted octanol–water partition coefficient (Wildman–Crippen LogP) is 4.26. The van der Waals surface area contributed by atoms with Crippen molar-refractivity contribution in [3.8, 4) is 11.8 Å². The molecular formula is C18H13F3N2O2. The fourth-order valence-corrected chi connectivity index (χ4v) is 2.06. The van der Waals surface area contributed by atoms with Gasteiger partial charge in [-0.25, -0.2) is 0 Å². The highest BCUT2D eigenvalue weighted by Crippen LogP contribution is 2.30. The van der Waals surface area contributed by atoms with Crippen LogP contribution in [0.5, 0.6) is 5.75 Å². The maximum atomic E-state index is 12.7. The second-order valence-electron chi connectivity index (χ2n) is 4.95. The van der Waals surface area contributed by atoms with E-state index >= 15 is 0 Å². The minimum atomic E-state index is -4.50. The highest BCUT2D eigenvalue weighted by Gasteiger charge is 2.30. The Morgan fingerprint density at radius 2 is 1.92 bits per heavy atom. The number of benzene rings is 2. The number of halogens is 3. The average Bonchev–Trinajstić information content (AvgIpc) is 2.59. The zero-order valence-corrected chi connectivity index (χ0v) is 13.1. The molecule has 7 heteroatoms. The van der Waals surface area contributed by atoms with Gasteiger partial charge in [-0.3, -0.25) is 4.79 Å². The number of para-hydroxylation sites is 2. The van der Waals surface area contributed by atoms with Crippen molar-refractivity contribution < 1.29 is 22.7 Å². The van der Waals surface area contributed by atoms with Crippen LogP contribution in [-0.2, 0) is 11.0 Å². The van der Waals surface area contributed by atoms with E-state index in [2.05, 4.69) is 5.32 Å². The van der Waals surface area contributed by atoms with Gasteiger partial charge in [-0.05, 0) is 35.9 Å². The van der Waals surface area contributed by atoms with E-state index < -0.39 is 17.6 Å². The third kappa shape index (κ3) is 4.61. The lowest BCUT2D eigenvalue weighted by molar-refractivity contribution is -0.137. The topological polar surface area (TPSA) is 62.1 Å². The first-order valence-electron chi connectivity index (χ1n) is 7.08. The first-order chi connectivity index (χ1) is 11.8. The number of carbonyl (C=O) groups is 1. The molecule has 0 fully saturated rings. The van der Waals surface area contributed by atoms with Crippen molar-refractivity contribution in [2.75, 3.05) is 12.4 Å². The van der Waals surface area contributed by atoms with Crippen molar-refractivity contribution in [1.82, 2.24) is 0 Å². The Hall–Kier alpha value is -3.27. The van der Waals surface area contributed by atoms with Crippen molar-refractivity contribution in [1.29, 1.82) is 5.26 Å². The molecule has 0 spiro atoms. The summed E-state index contributed by atoms with van der Waals surface area (Å²) in [6.07, 6.45) is -3.41. The summed E-state index contributed by atoms with van der Waals surface area (Å²) in [4.78, 5) is 12.2. The van der Waals surface area contributed by atoms with Crippen LogP contribution in [0.3, 0.4) is 0 Å². The maximum Gasteiger partial charge on any atom is 0.416 e. The number of nitrogens with one attached hydrogen (secondary N) is 1. The molecule has 1 N–H and O–H groups in total. The third-order valence-corrected chi connectivity index (χ3v) is 3.25. The zero-order chi connectivity index (χ0) is 18.4. The fourth-order valence-electron chi connectivity index (χ4n) is 2.06. The van der Waals surface area contributed by atoms with Crippen LogP contribution in [0.1, 0.15) is 11.1 Å². The van der Waals surface area contributed by atoms with E-state index in [0.29, 0.717) is 11.4 Å². The largest absolute Gasteiger partial charge is 0.495 e. The molecule has 0 saturated heterocycles. The second-order valence-corrected chi connectivity index (χ2v) is 4.95. The molecule has 0 bridgehead atoms. The van der Waals surface area contributed by atoms with Crippen molar-refractivity contribution in [3.63, 3.8) is 0 Å². The molecule has 0 aliphatic heterocycles. The summed E-state index contributed by atoms with van der Waals surface area (Å²) in [5, 5.41) is 11.7. The normalized spacial score (nSPS) is 11.6. The molecule has 2 aromatic rings. The molecule has 0 atom stereocenters. The molecule has 0 aromatic heterocycles. The molecule has 0 heterocycles. The Morgan fingerprint density at radius 1 is 1.20 bits per heavy atom. The number of hydrogen-bond donors (Lipinski definition) is 1. The van der Waals surface area contributed by atoms with E-state index in [0.717, 1.165) is 18.2 Å². The van der Waals surface area contributed by atoms with Gasteiger partial charge in [0.15, 0.2) is 0 Å². The first-order valence-corrected chi connectivity index (χ1v) is 7.08. The van der Waals surface area contributed by atoms with Crippen LogP contribution >= 0.6 is 0 Å². The van der Waals surface area contributed by atoms with Gasteiger partial charge in [0.2, 0.25) is 0 Å². The summed E-state index contributed by atoms with van der Waals surface area (Å²) >= 11 is 0. The Labute approximate surface area is 142 Å². The van der Waals surface area contributed by atoms with Gasteiger partial charge in [0, 0.05) is 0 Å². The van der Waals surface area contributed by atoms with Gasteiger partial charge < -0.3 is 10.1 Å². The Balaban J connectivity index is 2.29. The third-order valence-electron chi connectivity index (χ3n) is 3.25. The number of nitrogens with zero attached hydrogens (tertiary/aromatic N) is 1. The van der Waals surface area contributed by atoms with Gasteiger partial charge in [0.1, 0.15) is 17.4 Å². The van der Waals surface area contributed by atoms with Gasteiger partial charge in [-0.15, -0.1) is 0 Å². The predicted molar refractivity (Wildman–Crippen MR) is 86.7 cm³/mol. The highest BCUT2D eigenvalue weighted by molar-refractivity contribution is 6.10. The minimum absolute atomic E-state index is 0.0987. The molecule has 0 saturated carbocycles. The van der Waals surface area contributed by atoms with Gasteiger partial charge in [-0.1, -0.05) is 24.3 Å². The Bertz CT molecular complexity index is 852. The SMILES string of the molecule is COc1ccccc1NC(=O)/C(C#N)=C/c1cccc(C(F)(F)F)c1. The molecule has 2 rings (SSSR count). The van der Waals surface area contributed by atoms with Crippen LogP contribution in [0.2, 0.25) is 0 Å². The zero-order valence-electron chi connectivity index (χ0n) is 13.1. The smallest absolute Gasteiger partial charge is 0.416 e. The number of nitriles is 1. The van der Waals surface area contributed by atoms with Crippen LogP contribution < -0.4 is 10.1 Å². The maximum absolute atomic E-state index is 12.7. The number of alkyl halides is 3. The summed E-state index contributed by atoms with van der Waals surface area (Å²) in [6, 6.07) is 12.6. The number of hydrogen-bond acceptors (Lipinski definition) is 3. The molecule has 0 aliphatic rings. The van der Waals surface area contributed by atoms with Crippen molar-refractivity contribution in [2.45, 2.75) is 6.18 Å². The molecule has 2 aromatic carbocycles.